The molecular formula is C18H22N4O3S. The molecule has 4 heterocycles. The van der Waals surface area contributed by atoms with Gasteiger partial charge in [-0.2, -0.15) is 0 Å². The van der Waals surface area contributed by atoms with E-state index in [9.17, 15) is 4.79 Å². The lowest BCUT2D eigenvalue weighted by Gasteiger charge is -2.50. The number of piperidine rings is 1. The summed E-state index contributed by atoms with van der Waals surface area (Å²) >= 11 is 1.20. The summed E-state index contributed by atoms with van der Waals surface area (Å²) in [6.45, 7) is 3.25. The van der Waals surface area contributed by atoms with Crippen molar-refractivity contribution in [1.82, 2.24) is 19.5 Å². The molecule has 0 aromatic carbocycles. The van der Waals surface area contributed by atoms with Gasteiger partial charge in [0.1, 0.15) is 0 Å². The zero-order valence-corrected chi connectivity index (χ0v) is 15.4. The van der Waals surface area contributed by atoms with Gasteiger partial charge in [0.25, 0.3) is 5.91 Å². The highest BCUT2D eigenvalue weighted by atomic mass is 32.1. The van der Waals surface area contributed by atoms with Crippen molar-refractivity contribution >= 4 is 17.4 Å². The number of ether oxygens (including phenoxy) is 2. The van der Waals surface area contributed by atoms with E-state index < -0.39 is 0 Å². The minimum atomic E-state index is -0.150. The molecule has 2 aromatic rings. The maximum atomic E-state index is 12.7. The summed E-state index contributed by atoms with van der Waals surface area (Å²) in [7, 11) is 0. The Morgan fingerprint density at radius 2 is 2.31 bits per heavy atom. The molecule has 7 nitrogen and oxygen atoms in total. The summed E-state index contributed by atoms with van der Waals surface area (Å²) in [5, 5.41) is 5.64. The Labute approximate surface area is 156 Å². The molecule has 8 heteroatoms. The SMILES string of the molecule is O=C(c1csnn1)N1CCC2OCCCC2(COCc2ccncc2)C1. The molecule has 2 atom stereocenters. The number of amides is 1. The fourth-order valence-corrected chi connectivity index (χ4v) is 4.38. The molecule has 0 spiro atoms. The van der Waals surface area contributed by atoms with Crippen molar-refractivity contribution in [3.05, 3.63) is 41.2 Å². The van der Waals surface area contributed by atoms with E-state index in [1.54, 1.807) is 17.8 Å². The van der Waals surface area contributed by atoms with Gasteiger partial charge < -0.3 is 14.4 Å². The molecule has 2 aliphatic heterocycles. The van der Waals surface area contributed by atoms with Gasteiger partial charge in [0.15, 0.2) is 5.69 Å². The van der Waals surface area contributed by atoms with Gasteiger partial charge in [-0.05, 0) is 48.5 Å². The van der Waals surface area contributed by atoms with E-state index in [1.165, 1.54) is 11.5 Å². The van der Waals surface area contributed by atoms with Gasteiger partial charge in [-0.1, -0.05) is 4.49 Å². The maximum Gasteiger partial charge on any atom is 0.275 e. The molecule has 138 valence electrons. The molecule has 1 amide bonds. The summed E-state index contributed by atoms with van der Waals surface area (Å²) in [4.78, 5) is 18.6. The number of aromatic nitrogens is 3. The second kappa shape index (κ2) is 7.77. The minimum absolute atomic E-state index is 0.0451. The van der Waals surface area contributed by atoms with Crippen LogP contribution in [0.4, 0.5) is 0 Å². The molecule has 4 rings (SSSR count). The molecule has 2 aliphatic rings. The van der Waals surface area contributed by atoms with Crippen LogP contribution in [0.15, 0.2) is 29.9 Å². The Hall–Kier alpha value is -1.90. The summed E-state index contributed by atoms with van der Waals surface area (Å²) in [5.41, 5.74) is 1.38. The number of carbonyl (C=O) groups is 1. The first-order valence-electron chi connectivity index (χ1n) is 8.91. The summed E-state index contributed by atoms with van der Waals surface area (Å²) < 4.78 is 15.9. The lowest BCUT2D eigenvalue weighted by atomic mass is 9.73. The van der Waals surface area contributed by atoms with Crippen LogP contribution in [-0.4, -0.2) is 57.8 Å². The van der Waals surface area contributed by atoms with E-state index >= 15 is 0 Å². The van der Waals surface area contributed by atoms with Crippen LogP contribution in [-0.2, 0) is 16.1 Å². The van der Waals surface area contributed by atoms with Gasteiger partial charge in [-0.3, -0.25) is 9.78 Å². The largest absolute Gasteiger partial charge is 0.377 e. The molecule has 2 fully saturated rings. The van der Waals surface area contributed by atoms with Crippen molar-refractivity contribution in [1.29, 1.82) is 0 Å². The molecular weight excluding hydrogens is 352 g/mol. The van der Waals surface area contributed by atoms with Crippen LogP contribution in [0.3, 0.4) is 0 Å². The summed E-state index contributed by atoms with van der Waals surface area (Å²) in [6.07, 6.45) is 6.52. The minimum Gasteiger partial charge on any atom is -0.377 e. The third kappa shape index (κ3) is 3.62. The Balaban J connectivity index is 1.45. The van der Waals surface area contributed by atoms with E-state index in [4.69, 9.17) is 9.47 Å². The highest BCUT2D eigenvalue weighted by molar-refractivity contribution is 7.03. The van der Waals surface area contributed by atoms with E-state index in [0.717, 1.165) is 31.4 Å². The lowest BCUT2D eigenvalue weighted by Crippen LogP contribution is -2.58. The van der Waals surface area contributed by atoms with Crippen molar-refractivity contribution in [2.75, 3.05) is 26.3 Å². The number of hydrogen-bond donors (Lipinski definition) is 0. The lowest BCUT2D eigenvalue weighted by molar-refractivity contribution is -0.148. The zero-order valence-electron chi connectivity index (χ0n) is 14.5. The maximum absolute atomic E-state index is 12.7. The first-order valence-corrected chi connectivity index (χ1v) is 9.75. The molecule has 0 N–H and O–H groups in total. The third-order valence-corrected chi connectivity index (χ3v) is 5.77. The zero-order chi connectivity index (χ0) is 17.8. The molecule has 2 aromatic heterocycles. The molecule has 26 heavy (non-hydrogen) atoms. The van der Waals surface area contributed by atoms with Crippen molar-refractivity contribution < 1.29 is 14.3 Å². The molecule has 0 bridgehead atoms. The van der Waals surface area contributed by atoms with Crippen molar-refractivity contribution in [2.45, 2.75) is 32.0 Å². The highest BCUT2D eigenvalue weighted by Gasteiger charge is 2.47. The van der Waals surface area contributed by atoms with E-state index in [2.05, 4.69) is 14.6 Å². The van der Waals surface area contributed by atoms with Gasteiger partial charge in [-0.15, -0.1) is 5.10 Å². The predicted molar refractivity (Wildman–Crippen MR) is 95.7 cm³/mol. The second-order valence-corrected chi connectivity index (χ2v) is 7.59. The third-order valence-electron chi connectivity index (χ3n) is 5.26. The van der Waals surface area contributed by atoms with Gasteiger partial charge in [0, 0.05) is 42.9 Å². The second-order valence-electron chi connectivity index (χ2n) is 6.98. The van der Waals surface area contributed by atoms with Crippen LogP contribution in [0.25, 0.3) is 0 Å². The van der Waals surface area contributed by atoms with Crippen LogP contribution in [0.2, 0.25) is 0 Å². The molecule has 0 aliphatic carbocycles. The number of pyridine rings is 1. The van der Waals surface area contributed by atoms with Crippen LogP contribution in [0.5, 0.6) is 0 Å². The standard InChI is InChI=1S/C18H22N4O3S/c23-17(15-11-26-21-20-15)22-8-4-16-18(12-22,5-1-9-25-16)13-24-10-14-2-6-19-7-3-14/h2-3,6-7,11,16H,1,4-5,8-10,12-13H2. The fraction of sp³-hybridized carbons (Fsp3) is 0.556. The number of carbonyl (C=O) groups excluding carboxylic acids is 1. The molecule has 0 radical (unpaired) electrons. The first kappa shape index (κ1) is 17.5. The number of nitrogens with zero attached hydrogens (tertiary/aromatic N) is 4. The van der Waals surface area contributed by atoms with Gasteiger partial charge in [0.05, 0.1) is 19.3 Å². The highest BCUT2D eigenvalue weighted by Crippen LogP contribution is 2.41. The average molecular weight is 374 g/mol. The monoisotopic (exact) mass is 374 g/mol. The normalized spacial score (nSPS) is 25.7. The van der Waals surface area contributed by atoms with Gasteiger partial charge >= 0.3 is 0 Å². The van der Waals surface area contributed by atoms with Crippen LogP contribution < -0.4 is 0 Å². The van der Waals surface area contributed by atoms with Gasteiger partial charge in [0.2, 0.25) is 0 Å². The number of fused-ring (bicyclic) bond motifs is 1. The Morgan fingerprint density at radius 1 is 1.42 bits per heavy atom. The molecule has 0 saturated carbocycles. The van der Waals surface area contributed by atoms with E-state index in [0.29, 0.717) is 32.0 Å². The van der Waals surface area contributed by atoms with Crippen molar-refractivity contribution in [2.24, 2.45) is 5.41 Å². The van der Waals surface area contributed by atoms with Gasteiger partial charge in [-0.25, -0.2) is 0 Å². The van der Waals surface area contributed by atoms with Crippen molar-refractivity contribution in [3.8, 4) is 0 Å². The number of rotatable bonds is 5. The van der Waals surface area contributed by atoms with E-state index in [-0.39, 0.29) is 17.4 Å². The van der Waals surface area contributed by atoms with Crippen LogP contribution >= 0.6 is 11.5 Å². The predicted octanol–water partition coefficient (Wildman–Crippen LogP) is 2.16. The number of likely N-dealkylation sites (tertiary alicyclic amines) is 1. The van der Waals surface area contributed by atoms with Crippen LogP contribution in [0.1, 0.15) is 35.3 Å². The number of hydrogen-bond acceptors (Lipinski definition) is 7. The Morgan fingerprint density at radius 3 is 3.12 bits per heavy atom. The molecule has 2 saturated heterocycles. The quantitative estimate of drug-likeness (QED) is 0.798. The summed E-state index contributed by atoms with van der Waals surface area (Å²) in [6, 6.07) is 3.91. The topological polar surface area (TPSA) is 77.4 Å². The Bertz CT molecular complexity index is 727. The smallest absolute Gasteiger partial charge is 0.275 e. The Kier molecular flexibility index (Phi) is 5.23. The summed E-state index contributed by atoms with van der Waals surface area (Å²) in [5.74, 6) is -0.0451. The van der Waals surface area contributed by atoms with Crippen molar-refractivity contribution in [3.63, 3.8) is 0 Å². The first-order chi connectivity index (χ1) is 12.8. The van der Waals surface area contributed by atoms with Crippen LogP contribution in [0, 0.1) is 5.41 Å². The van der Waals surface area contributed by atoms with E-state index in [1.807, 2.05) is 17.0 Å². The fourth-order valence-electron chi connectivity index (χ4n) is 3.95. The molecule has 2 unspecified atom stereocenters. The average Bonchev–Trinajstić information content (AvgIpc) is 3.22.